The van der Waals surface area contributed by atoms with Crippen molar-refractivity contribution in [2.24, 2.45) is 5.41 Å². The summed E-state index contributed by atoms with van der Waals surface area (Å²) in [5, 5.41) is 3.04. The fourth-order valence-electron chi connectivity index (χ4n) is 4.52. The van der Waals surface area contributed by atoms with Gasteiger partial charge >= 0.3 is 6.03 Å². The smallest absolute Gasteiger partial charge is 0.326 e. The third-order valence-electron chi connectivity index (χ3n) is 7.40. The van der Waals surface area contributed by atoms with Gasteiger partial charge in [0.05, 0.1) is 11.5 Å². The van der Waals surface area contributed by atoms with Crippen molar-refractivity contribution in [1.82, 2.24) is 20.0 Å². The Morgan fingerprint density at radius 3 is 2.23 bits per heavy atom. The van der Waals surface area contributed by atoms with Crippen LogP contribution in [0.4, 0.5) is 4.79 Å². The Kier molecular flexibility index (Phi) is 10.3. The molecule has 3 atom stereocenters. The van der Waals surface area contributed by atoms with E-state index in [4.69, 9.17) is 4.74 Å². The fourth-order valence-corrected chi connectivity index (χ4v) is 4.52. The van der Waals surface area contributed by atoms with Crippen molar-refractivity contribution in [3.63, 3.8) is 0 Å². The van der Waals surface area contributed by atoms with Gasteiger partial charge in [0.1, 0.15) is 6.61 Å². The zero-order chi connectivity index (χ0) is 26.3. The number of urea groups is 1. The van der Waals surface area contributed by atoms with Crippen molar-refractivity contribution in [3.05, 3.63) is 35.4 Å². The van der Waals surface area contributed by atoms with Crippen LogP contribution in [0.15, 0.2) is 24.3 Å². The number of ether oxygens (including phenoxy) is 1. The molecule has 0 bridgehead atoms. The maximum atomic E-state index is 13.3. The Labute approximate surface area is 211 Å². The molecule has 0 saturated carbocycles. The fraction of sp³-hybridized carbons (Fsp3) is 0.667. The number of β-lactam (4-membered cyclic amide) rings is 1. The van der Waals surface area contributed by atoms with E-state index in [9.17, 15) is 14.4 Å². The number of hydrogen-bond acceptors (Lipinski definition) is 5. The summed E-state index contributed by atoms with van der Waals surface area (Å²) in [6.45, 7) is 10.3. The summed E-state index contributed by atoms with van der Waals surface area (Å²) in [6, 6.07) is 7.56. The first-order chi connectivity index (χ1) is 16.5. The zero-order valence-corrected chi connectivity index (χ0v) is 22.8. The molecule has 0 radical (unpaired) electrons. The highest BCUT2D eigenvalue weighted by atomic mass is 16.5. The first-order valence-electron chi connectivity index (χ1n) is 12.7. The third kappa shape index (κ3) is 6.41. The summed E-state index contributed by atoms with van der Waals surface area (Å²) >= 11 is 0. The molecule has 1 heterocycles. The summed E-state index contributed by atoms with van der Waals surface area (Å²) < 4.78 is 6.01. The number of nitrogens with one attached hydrogen (secondary N) is 1. The molecule has 1 N–H and O–H groups in total. The monoisotopic (exact) mass is 488 g/mol. The molecule has 0 aromatic heterocycles. The minimum absolute atomic E-state index is 0.178. The van der Waals surface area contributed by atoms with Crippen molar-refractivity contribution in [2.75, 3.05) is 34.3 Å². The maximum absolute atomic E-state index is 13.3. The number of likely N-dealkylation sites (tertiary alicyclic amines) is 1. The second-order valence-corrected chi connectivity index (χ2v) is 9.99. The molecule has 0 aliphatic carbocycles. The summed E-state index contributed by atoms with van der Waals surface area (Å²) in [5.74, 6) is -0.422. The number of likely N-dealkylation sites (N-methyl/N-ethyl adjacent to an activating group) is 2. The van der Waals surface area contributed by atoms with Gasteiger partial charge in [-0.2, -0.15) is 0 Å². The number of nitrogens with zero attached hydrogens (tertiary/aromatic N) is 3. The highest BCUT2D eigenvalue weighted by Gasteiger charge is 2.62. The second-order valence-electron chi connectivity index (χ2n) is 9.99. The van der Waals surface area contributed by atoms with Gasteiger partial charge in [0.25, 0.3) is 0 Å². The number of hydrogen-bond donors (Lipinski definition) is 1. The maximum Gasteiger partial charge on any atom is 0.326 e. The summed E-state index contributed by atoms with van der Waals surface area (Å²) in [4.78, 5) is 44.1. The lowest BCUT2D eigenvalue weighted by molar-refractivity contribution is -0.212. The van der Waals surface area contributed by atoms with Gasteiger partial charge in [-0.3, -0.25) is 9.59 Å². The predicted octanol–water partition coefficient (Wildman–Crippen LogP) is 3.95. The van der Waals surface area contributed by atoms with Crippen LogP contribution in [0.5, 0.6) is 0 Å². The van der Waals surface area contributed by atoms with Crippen LogP contribution in [0, 0.1) is 12.3 Å². The van der Waals surface area contributed by atoms with Crippen LogP contribution in [-0.2, 0) is 14.3 Å². The molecule has 2 rings (SSSR count). The molecule has 8 heteroatoms. The Morgan fingerprint density at radius 2 is 1.71 bits per heavy atom. The molecule has 1 aliphatic rings. The van der Waals surface area contributed by atoms with Crippen molar-refractivity contribution in [2.45, 2.75) is 78.6 Å². The second kappa shape index (κ2) is 12.5. The van der Waals surface area contributed by atoms with Gasteiger partial charge in [0.2, 0.25) is 11.8 Å². The van der Waals surface area contributed by atoms with Crippen molar-refractivity contribution in [1.29, 1.82) is 0 Å². The number of carbonyl (C=O) groups is 3. The molecule has 196 valence electrons. The molecular weight excluding hydrogens is 444 g/mol. The Balaban J connectivity index is 2.15. The molecule has 1 saturated heterocycles. The van der Waals surface area contributed by atoms with E-state index < -0.39 is 17.7 Å². The number of imide groups is 1. The van der Waals surface area contributed by atoms with Gasteiger partial charge in [-0.25, -0.2) is 9.69 Å². The molecule has 0 spiro atoms. The Morgan fingerprint density at radius 1 is 1.11 bits per heavy atom. The lowest BCUT2D eigenvalue weighted by atomic mass is 9.72. The predicted molar refractivity (Wildman–Crippen MR) is 138 cm³/mol. The Hall–Kier alpha value is -2.45. The Bertz CT molecular complexity index is 866. The van der Waals surface area contributed by atoms with E-state index in [1.54, 1.807) is 11.9 Å². The summed E-state index contributed by atoms with van der Waals surface area (Å²) in [7, 11) is 5.68. The molecule has 1 aromatic carbocycles. The number of amides is 4. The molecule has 1 aliphatic heterocycles. The molecule has 1 fully saturated rings. The van der Waals surface area contributed by atoms with E-state index >= 15 is 0 Å². The van der Waals surface area contributed by atoms with Crippen LogP contribution < -0.4 is 5.32 Å². The van der Waals surface area contributed by atoms with Gasteiger partial charge in [-0.1, -0.05) is 57.0 Å². The first kappa shape index (κ1) is 28.8. The highest BCUT2D eigenvalue weighted by molar-refractivity contribution is 6.03. The largest absolute Gasteiger partial charge is 0.347 e. The van der Waals surface area contributed by atoms with Gasteiger partial charge in [0, 0.05) is 19.6 Å². The lowest BCUT2D eigenvalue weighted by Crippen LogP contribution is -2.72. The van der Waals surface area contributed by atoms with E-state index in [1.807, 2.05) is 71.0 Å². The average molecular weight is 489 g/mol. The topological polar surface area (TPSA) is 82.2 Å². The standard InChI is InChI=1S/C27H44N4O4/c1-9-12-22(21-15-13-19(4)14-16-21)28-26(34)31-24(33)27(10-2,11-3)25(31)35-18-23(32)30(8)17-20(5)29(6)7/h13-16,20,22,25H,9-12,17-18H2,1-8H3,(H,28,34)/t20?,22-,25+/m1/s1. The minimum Gasteiger partial charge on any atom is -0.347 e. The lowest BCUT2D eigenvalue weighted by Gasteiger charge is -2.53. The normalized spacial score (nSPS) is 18.7. The summed E-state index contributed by atoms with van der Waals surface area (Å²) in [5.41, 5.74) is 1.35. The van der Waals surface area contributed by atoms with Gasteiger partial charge in [-0.05, 0) is 52.8 Å². The van der Waals surface area contributed by atoms with Crippen LogP contribution >= 0.6 is 0 Å². The van der Waals surface area contributed by atoms with E-state index in [1.165, 1.54) is 4.90 Å². The molecule has 1 unspecified atom stereocenters. The minimum atomic E-state index is -0.794. The number of aryl methyl sites for hydroxylation is 1. The van der Waals surface area contributed by atoms with E-state index in [2.05, 4.69) is 12.2 Å². The quantitative estimate of drug-likeness (QED) is 0.451. The van der Waals surface area contributed by atoms with E-state index in [0.29, 0.717) is 19.4 Å². The average Bonchev–Trinajstić information content (AvgIpc) is 2.82. The van der Waals surface area contributed by atoms with Crippen molar-refractivity contribution < 1.29 is 19.1 Å². The van der Waals surface area contributed by atoms with Crippen molar-refractivity contribution in [3.8, 4) is 0 Å². The van der Waals surface area contributed by atoms with Gasteiger partial charge in [-0.15, -0.1) is 0 Å². The van der Waals surface area contributed by atoms with Gasteiger partial charge in [0.15, 0.2) is 6.23 Å². The van der Waals surface area contributed by atoms with Crippen molar-refractivity contribution >= 4 is 17.8 Å². The first-order valence-corrected chi connectivity index (χ1v) is 12.7. The van der Waals surface area contributed by atoms with Crippen LogP contribution in [0.25, 0.3) is 0 Å². The molecule has 8 nitrogen and oxygen atoms in total. The van der Waals surface area contributed by atoms with Crippen LogP contribution in [0.1, 0.15) is 70.5 Å². The molecule has 4 amide bonds. The molecular formula is C27H44N4O4. The molecule has 1 aromatic rings. The van der Waals surface area contributed by atoms with Crippen LogP contribution in [-0.4, -0.2) is 79.1 Å². The SMILES string of the molecule is CCC[C@@H](NC(=O)N1C(=O)C(CC)(CC)[C@@H]1OCC(=O)N(C)CC(C)N(C)C)c1ccc(C)cc1. The number of benzene rings is 1. The summed E-state index contributed by atoms with van der Waals surface area (Å²) in [6.07, 6.45) is 1.94. The molecule has 35 heavy (non-hydrogen) atoms. The van der Waals surface area contributed by atoms with Crippen LogP contribution in [0.3, 0.4) is 0 Å². The highest BCUT2D eigenvalue weighted by Crippen LogP contribution is 2.46. The van der Waals surface area contributed by atoms with Crippen LogP contribution in [0.2, 0.25) is 0 Å². The van der Waals surface area contributed by atoms with E-state index in [0.717, 1.165) is 24.0 Å². The third-order valence-corrected chi connectivity index (χ3v) is 7.40. The zero-order valence-electron chi connectivity index (χ0n) is 22.8. The number of carbonyl (C=O) groups excluding carboxylic acids is 3. The number of rotatable bonds is 12. The van der Waals surface area contributed by atoms with E-state index in [-0.39, 0.29) is 30.5 Å². The van der Waals surface area contributed by atoms with Gasteiger partial charge < -0.3 is 19.9 Å².